The summed E-state index contributed by atoms with van der Waals surface area (Å²) in [5.74, 6) is 0.489. The summed E-state index contributed by atoms with van der Waals surface area (Å²) < 4.78 is 46.8. The van der Waals surface area contributed by atoms with Crippen LogP contribution in [0.25, 0.3) is 0 Å². The van der Waals surface area contributed by atoms with E-state index < -0.39 is 23.0 Å². The predicted molar refractivity (Wildman–Crippen MR) is 138 cm³/mol. The quantitative estimate of drug-likeness (QED) is 0.522. The molecule has 2 aromatic heterocycles. The van der Waals surface area contributed by atoms with Gasteiger partial charge in [-0.1, -0.05) is 13.8 Å². The SMILES string of the molecule is CCN1CCC(Oc2ccc(N3C(=S)N(c4cnc(C#N)c(C(F)(F)F)c4)C(=N)C3(C)CC)cn2)CC1. The number of thiocarbonyl (C=S) groups is 1. The number of pyridine rings is 2. The lowest BCUT2D eigenvalue weighted by Gasteiger charge is -2.33. The Labute approximate surface area is 219 Å². The van der Waals surface area contributed by atoms with Gasteiger partial charge >= 0.3 is 6.18 Å². The zero-order chi connectivity index (χ0) is 27.0. The molecule has 0 radical (unpaired) electrons. The number of alkyl halides is 3. The number of nitrogens with one attached hydrogen (secondary N) is 1. The number of nitriles is 1. The predicted octanol–water partition coefficient (Wildman–Crippen LogP) is 4.99. The van der Waals surface area contributed by atoms with Gasteiger partial charge in [-0.15, -0.1) is 0 Å². The van der Waals surface area contributed by atoms with Gasteiger partial charge in [-0.25, -0.2) is 9.97 Å². The van der Waals surface area contributed by atoms with Crippen LogP contribution in [0.2, 0.25) is 0 Å². The molecule has 0 saturated carbocycles. The molecule has 0 bridgehead atoms. The van der Waals surface area contributed by atoms with E-state index in [0.717, 1.165) is 44.7 Å². The van der Waals surface area contributed by atoms with Crippen LogP contribution in [0.3, 0.4) is 0 Å². The highest BCUT2D eigenvalue weighted by molar-refractivity contribution is 7.81. The first-order valence-electron chi connectivity index (χ1n) is 12.1. The number of amidine groups is 1. The largest absolute Gasteiger partial charge is 0.474 e. The molecule has 37 heavy (non-hydrogen) atoms. The first-order chi connectivity index (χ1) is 17.5. The third kappa shape index (κ3) is 4.98. The molecule has 2 aliphatic heterocycles. The van der Waals surface area contributed by atoms with Crippen LogP contribution in [0.1, 0.15) is 51.3 Å². The number of likely N-dealkylation sites (tertiary alicyclic amines) is 1. The summed E-state index contributed by atoms with van der Waals surface area (Å²) >= 11 is 5.68. The van der Waals surface area contributed by atoms with Crippen molar-refractivity contribution in [3.05, 3.63) is 41.9 Å². The first-order valence-corrected chi connectivity index (χ1v) is 12.5. The van der Waals surface area contributed by atoms with Crippen LogP contribution < -0.4 is 14.5 Å². The summed E-state index contributed by atoms with van der Waals surface area (Å²) in [5.41, 5.74) is -2.29. The standard InChI is InChI=1S/C25H28F3N7OS/c1-4-24(3)22(30)34(17-12-19(25(26,27)28)20(13-29)31-15-17)23(37)35(24)16-6-7-21(32-14-16)36-18-8-10-33(5-2)11-9-18/h6-7,12,14-15,18,30H,4-5,8-11H2,1-3H3. The molecule has 2 saturated heterocycles. The second-order valence-corrected chi connectivity index (χ2v) is 9.60. The van der Waals surface area contributed by atoms with Gasteiger partial charge in [-0.2, -0.15) is 18.4 Å². The van der Waals surface area contributed by atoms with Crippen LogP contribution in [-0.2, 0) is 6.18 Å². The van der Waals surface area contributed by atoms with Gasteiger partial charge in [0.25, 0.3) is 0 Å². The monoisotopic (exact) mass is 531 g/mol. The van der Waals surface area contributed by atoms with Crippen molar-refractivity contribution in [2.45, 2.75) is 57.9 Å². The van der Waals surface area contributed by atoms with Crippen LogP contribution in [0.4, 0.5) is 24.5 Å². The van der Waals surface area contributed by atoms with E-state index in [9.17, 15) is 13.2 Å². The minimum atomic E-state index is -4.78. The van der Waals surface area contributed by atoms with E-state index in [-0.39, 0.29) is 22.7 Å². The van der Waals surface area contributed by atoms with Crippen molar-refractivity contribution in [3.63, 3.8) is 0 Å². The molecule has 4 heterocycles. The van der Waals surface area contributed by atoms with E-state index in [1.165, 1.54) is 11.0 Å². The number of anilines is 2. The molecule has 1 unspecified atom stereocenters. The molecule has 1 N–H and O–H groups in total. The molecule has 2 aliphatic rings. The van der Waals surface area contributed by atoms with Gasteiger partial charge in [0.15, 0.2) is 10.8 Å². The minimum absolute atomic E-state index is 0.00245. The molecule has 1 atom stereocenters. The number of piperidine rings is 1. The number of aromatic nitrogens is 2. The number of nitrogens with zero attached hydrogens (tertiary/aromatic N) is 6. The highest BCUT2D eigenvalue weighted by Gasteiger charge is 2.50. The Balaban J connectivity index is 1.61. The van der Waals surface area contributed by atoms with E-state index in [1.807, 2.05) is 6.92 Å². The van der Waals surface area contributed by atoms with Crippen LogP contribution in [0, 0.1) is 16.7 Å². The summed E-state index contributed by atoms with van der Waals surface area (Å²) in [6.07, 6.45) is 0.340. The Hall–Kier alpha value is -3.30. The molecule has 12 heteroatoms. The van der Waals surface area contributed by atoms with E-state index in [4.69, 9.17) is 27.6 Å². The topological polar surface area (TPSA) is 92.4 Å². The number of hydrogen-bond donors (Lipinski definition) is 1. The first kappa shape index (κ1) is 26.8. The van der Waals surface area contributed by atoms with Crippen LogP contribution in [-0.4, -0.2) is 57.1 Å². The third-order valence-corrected chi connectivity index (χ3v) is 7.45. The Kier molecular flexibility index (Phi) is 7.39. The van der Waals surface area contributed by atoms with E-state index >= 15 is 0 Å². The molecule has 0 aromatic carbocycles. The van der Waals surface area contributed by atoms with Gasteiger partial charge in [0.1, 0.15) is 23.5 Å². The van der Waals surface area contributed by atoms with Crippen molar-refractivity contribution in [1.29, 1.82) is 10.7 Å². The van der Waals surface area contributed by atoms with Crippen LogP contribution in [0.15, 0.2) is 30.6 Å². The average molecular weight is 532 g/mol. The number of ether oxygens (including phenoxy) is 1. The molecule has 8 nitrogen and oxygen atoms in total. The average Bonchev–Trinajstić information content (AvgIpc) is 3.09. The Morgan fingerprint density at radius 2 is 1.86 bits per heavy atom. The van der Waals surface area contributed by atoms with Gasteiger partial charge in [0.2, 0.25) is 5.88 Å². The maximum Gasteiger partial charge on any atom is 0.419 e. The van der Waals surface area contributed by atoms with Crippen molar-refractivity contribution in [2.24, 2.45) is 0 Å². The molecule has 4 rings (SSSR count). The van der Waals surface area contributed by atoms with Gasteiger partial charge in [-0.3, -0.25) is 10.3 Å². The maximum absolute atomic E-state index is 13.6. The summed E-state index contributed by atoms with van der Waals surface area (Å²) in [6, 6.07) is 5.82. The Morgan fingerprint density at radius 1 is 1.19 bits per heavy atom. The molecular weight excluding hydrogens is 503 g/mol. The van der Waals surface area contributed by atoms with Crippen LogP contribution >= 0.6 is 12.2 Å². The maximum atomic E-state index is 13.6. The van der Waals surface area contributed by atoms with Crippen molar-refractivity contribution < 1.29 is 17.9 Å². The van der Waals surface area contributed by atoms with E-state index in [2.05, 4.69) is 21.8 Å². The molecule has 0 spiro atoms. The minimum Gasteiger partial charge on any atom is -0.474 e. The number of rotatable bonds is 6. The lowest BCUT2D eigenvalue weighted by Crippen LogP contribution is -2.46. The lowest BCUT2D eigenvalue weighted by atomic mass is 9.96. The summed E-state index contributed by atoms with van der Waals surface area (Å²) in [4.78, 5) is 13.5. The zero-order valence-corrected chi connectivity index (χ0v) is 21.7. The number of halogens is 3. The smallest absolute Gasteiger partial charge is 0.419 e. The molecule has 2 aromatic rings. The van der Waals surface area contributed by atoms with Gasteiger partial charge in [-0.05, 0) is 57.1 Å². The van der Waals surface area contributed by atoms with Gasteiger partial charge in [0, 0.05) is 19.2 Å². The second-order valence-electron chi connectivity index (χ2n) is 9.23. The lowest BCUT2D eigenvalue weighted by molar-refractivity contribution is -0.138. The molecular formula is C25H28F3N7OS. The highest BCUT2D eigenvalue weighted by Crippen LogP contribution is 2.40. The number of hydrogen-bond acceptors (Lipinski definition) is 7. The van der Waals surface area contributed by atoms with Crippen LogP contribution in [0.5, 0.6) is 5.88 Å². The normalized spacial score (nSPS) is 21.4. The van der Waals surface area contributed by atoms with Crippen molar-refractivity contribution in [1.82, 2.24) is 14.9 Å². The molecule has 0 aliphatic carbocycles. The Bertz CT molecular complexity index is 1220. The fourth-order valence-electron chi connectivity index (χ4n) is 4.68. The fraction of sp³-hybridized carbons (Fsp3) is 0.480. The summed E-state index contributed by atoms with van der Waals surface area (Å²) in [5, 5.41) is 18.1. The summed E-state index contributed by atoms with van der Waals surface area (Å²) in [6.45, 7) is 8.80. The fourth-order valence-corrected chi connectivity index (χ4v) is 5.19. The van der Waals surface area contributed by atoms with Gasteiger partial charge < -0.3 is 14.5 Å². The van der Waals surface area contributed by atoms with E-state index in [1.54, 1.807) is 30.2 Å². The van der Waals surface area contributed by atoms with Crippen molar-refractivity contribution in [2.75, 3.05) is 29.4 Å². The van der Waals surface area contributed by atoms with Crippen molar-refractivity contribution in [3.8, 4) is 11.9 Å². The Morgan fingerprint density at radius 3 is 2.41 bits per heavy atom. The molecule has 2 fully saturated rings. The molecule has 0 amide bonds. The zero-order valence-electron chi connectivity index (χ0n) is 20.8. The van der Waals surface area contributed by atoms with Gasteiger partial charge in [0.05, 0.1) is 29.3 Å². The highest BCUT2D eigenvalue weighted by atomic mass is 32.1. The summed E-state index contributed by atoms with van der Waals surface area (Å²) in [7, 11) is 0. The van der Waals surface area contributed by atoms with Crippen molar-refractivity contribution >= 4 is 34.5 Å². The molecule has 196 valence electrons. The second kappa shape index (κ2) is 10.2. The van der Waals surface area contributed by atoms with E-state index in [0.29, 0.717) is 18.0 Å². The third-order valence-electron chi connectivity index (χ3n) is 7.09.